The molecule has 4 nitrogen and oxygen atoms in total. The van der Waals surface area contributed by atoms with E-state index in [4.69, 9.17) is 9.47 Å². The second-order valence-corrected chi connectivity index (χ2v) is 7.22. The fourth-order valence-electron chi connectivity index (χ4n) is 3.38. The van der Waals surface area contributed by atoms with Crippen LogP contribution < -0.4 is 15.0 Å². The molecule has 0 radical (unpaired) electrons. The van der Waals surface area contributed by atoms with Gasteiger partial charge in [0.05, 0.1) is 13.7 Å². The Balaban J connectivity index is 0.000000176. The van der Waals surface area contributed by atoms with Crippen molar-refractivity contribution in [1.29, 1.82) is 0 Å². The minimum absolute atomic E-state index is 0.276. The van der Waals surface area contributed by atoms with Gasteiger partial charge in [0, 0.05) is 32.0 Å². The SMILES string of the molecule is COc1cccc(N2CCNC(C)(OC)C2)c1.c1ccc(-c2ccccc2)cc1. The first kappa shape index (κ1) is 20.9. The summed E-state index contributed by atoms with van der Waals surface area (Å²) >= 11 is 0. The van der Waals surface area contributed by atoms with E-state index in [2.05, 4.69) is 77.8 Å². The number of hydrogen-bond donors (Lipinski definition) is 1. The standard InChI is InChI=1S/C13H20N2O2.C12H10/c1-13(17-3)10-15(8-7-14-13)11-5-4-6-12(9-11)16-2;1-3-7-11(8-4-1)12-9-5-2-6-10-12/h4-6,9,14H,7-8,10H2,1-3H3;1-10H. The highest BCUT2D eigenvalue weighted by atomic mass is 16.5. The summed E-state index contributed by atoms with van der Waals surface area (Å²) in [5.74, 6) is 0.889. The Bertz CT molecular complexity index is 833. The van der Waals surface area contributed by atoms with Gasteiger partial charge in [0.2, 0.25) is 0 Å². The van der Waals surface area contributed by atoms with E-state index in [0.29, 0.717) is 0 Å². The van der Waals surface area contributed by atoms with Gasteiger partial charge in [-0.25, -0.2) is 0 Å². The number of hydrogen-bond acceptors (Lipinski definition) is 4. The fourth-order valence-corrected chi connectivity index (χ4v) is 3.38. The lowest BCUT2D eigenvalue weighted by molar-refractivity contribution is -0.0247. The van der Waals surface area contributed by atoms with Crippen LogP contribution in [-0.2, 0) is 4.74 Å². The Hall–Kier alpha value is -2.82. The first-order valence-corrected chi connectivity index (χ1v) is 9.93. The third-order valence-electron chi connectivity index (χ3n) is 5.12. The third kappa shape index (κ3) is 5.83. The predicted octanol–water partition coefficient (Wildman–Crippen LogP) is 4.82. The second-order valence-electron chi connectivity index (χ2n) is 7.22. The lowest BCUT2D eigenvalue weighted by Crippen LogP contribution is -2.59. The molecule has 1 fully saturated rings. The van der Waals surface area contributed by atoms with Crippen LogP contribution in [0.5, 0.6) is 5.75 Å². The van der Waals surface area contributed by atoms with E-state index in [1.165, 1.54) is 16.8 Å². The Labute approximate surface area is 174 Å². The summed E-state index contributed by atoms with van der Waals surface area (Å²) in [6, 6.07) is 28.9. The van der Waals surface area contributed by atoms with E-state index in [1.807, 2.05) is 24.3 Å². The number of ether oxygens (including phenoxy) is 2. The van der Waals surface area contributed by atoms with Crippen LogP contribution in [0.4, 0.5) is 5.69 Å². The van der Waals surface area contributed by atoms with Gasteiger partial charge in [0.15, 0.2) is 0 Å². The highest BCUT2D eigenvalue weighted by molar-refractivity contribution is 5.62. The van der Waals surface area contributed by atoms with Crippen molar-refractivity contribution in [2.45, 2.75) is 12.6 Å². The molecule has 0 aliphatic carbocycles. The molecule has 1 atom stereocenters. The molecule has 0 aromatic heterocycles. The van der Waals surface area contributed by atoms with Gasteiger partial charge < -0.3 is 14.4 Å². The topological polar surface area (TPSA) is 33.7 Å². The van der Waals surface area contributed by atoms with Gasteiger partial charge in [0.1, 0.15) is 11.5 Å². The van der Waals surface area contributed by atoms with Gasteiger partial charge in [-0.2, -0.15) is 0 Å². The fraction of sp³-hybridized carbons (Fsp3) is 0.280. The minimum atomic E-state index is -0.276. The molecule has 1 unspecified atom stereocenters. The summed E-state index contributed by atoms with van der Waals surface area (Å²) in [5, 5.41) is 3.38. The van der Waals surface area contributed by atoms with Crippen molar-refractivity contribution in [1.82, 2.24) is 5.32 Å². The number of nitrogens with one attached hydrogen (secondary N) is 1. The molecule has 1 heterocycles. The monoisotopic (exact) mass is 390 g/mol. The molecule has 0 spiro atoms. The summed E-state index contributed by atoms with van der Waals surface area (Å²) in [6.07, 6.45) is 0. The summed E-state index contributed by atoms with van der Waals surface area (Å²) in [6.45, 7) is 4.80. The van der Waals surface area contributed by atoms with E-state index in [9.17, 15) is 0 Å². The Morgan fingerprint density at radius 1 is 0.828 bits per heavy atom. The summed E-state index contributed by atoms with van der Waals surface area (Å²) < 4.78 is 10.8. The molecule has 0 amide bonds. The molecular weight excluding hydrogens is 360 g/mol. The molecule has 4 rings (SSSR count). The quantitative estimate of drug-likeness (QED) is 0.692. The van der Waals surface area contributed by atoms with Crippen LogP contribution in [0.3, 0.4) is 0 Å². The van der Waals surface area contributed by atoms with Gasteiger partial charge in [0.25, 0.3) is 0 Å². The lowest BCUT2D eigenvalue weighted by Gasteiger charge is -2.41. The number of anilines is 1. The van der Waals surface area contributed by atoms with Crippen molar-refractivity contribution in [3.05, 3.63) is 84.9 Å². The van der Waals surface area contributed by atoms with Crippen LogP contribution in [0.1, 0.15) is 6.92 Å². The maximum Gasteiger partial charge on any atom is 0.133 e. The Kier molecular flexibility index (Phi) is 7.28. The minimum Gasteiger partial charge on any atom is -0.497 e. The number of methoxy groups -OCH3 is 2. The normalized spacial score (nSPS) is 18.5. The van der Waals surface area contributed by atoms with E-state index in [0.717, 1.165) is 25.4 Å². The van der Waals surface area contributed by atoms with Crippen molar-refractivity contribution in [3.8, 4) is 16.9 Å². The van der Waals surface area contributed by atoms with Crippen molar-refractivity contribution >= 4 is 5.69 Å². The molecule has 4 heteroatoms. The zero-order valence-electron chi connectivity index (χ0n) is 17.5. The lowest BCUT2D eigenvalue weighted by atomic mass is 10.1. The number of nitrogens with zero attached hydrogens (tertiary/aromatic N) is 1. The molecule has 29 heavy (non-hydrogen) atoms. The van der Waals surface area contributed by atoms with Crippen LogP contribution in [0.15, 0.2) is 84.9 Å². The number of piperazine rings is 1. The van der Waals surface area contributed by atoms with Crippen LogP contribution in [0.2, 0.25) is 0 Å². The molecule has 0 saturated carbocycles. The molecule has 152 valence electrons. The Morgan fingerprint density at radius 2 is 1.45 bits per heavy atom. The smallest absolute Gasteiger partial charge is 0.133 e. The van der Waals surface area contributed by atoms with Gasteiger partial charge in [-0.1, -0.05) is 66.7 Å². The summed E-state index contributed by atoms with van der Waals surface area (Å²) in [4.78, 5) is 2.31. The van der Waals surface area contributed by atoms with Crippen molar-refractivity contribution in [2.24, 2.45) is 0 Å². The van der Waals surface area contributed by atoms with Gasteiger partial charge in [-0.05, 0) is 30.2 Å². The van der Waals surface area contributed by atoms with Crippen molar-refractivity contribution in [3.63, 3.8) is 0 Å². The van der Waals surface area contributed by atoms with E-state index in [-0.39, 0.29) is 5.72 Å². The average molecular weight is 391 g/mol. The molecule has 1 N–H and O–H groups in total. The van der Waals surface area contributed by atoms with Gasteiger partial charge in [-0.3, -0.25) is 5.32 Å². The van der Waals surface area contributed by atoms with Gasteiger partial charge in [-0.15, -0.1) is 0 Å². The third-order valence-corrected chi connectivity index (χ3v) is 5.12. The molecule has 1 aliphatic heterocycles. The highest BCUT2D eigenvalue weighted by Gasteiger charge is 2.30. The highest BCUT2D eigenvalue weighted by Crippen LogP contribution is 2.24. The zero-order valence-corrected chi connectivity index (χ0v) is 17.5. The molecule has 1 aliphatic rings. The molecular formula is C25H30N2O2. The van der Waals surface area contributed by atoms with E-state index >= 15 is 0 Å². The first-order valence-electron chi connectivity index (χ1n) is 9.93. The van der Waals surface area contributed by atoms with Gasteiger partial charge >= 0.3 is 0 Å². The molecule has 3 aromatic rings. The average Bonchev–Trinajstić information content (AvgIpc) is 2.81. The van der Waals surface area contributed by atoms with Crippen molar-refractivity contribution < 1.29 is 9.47 Å². The van der Waals surface area contributed by atoms with E-state index in [1.54, 1.807) is 14.2 Å². The largest absolute Gasteiger partial charge is 0.497 e. The second kappa shape index (κ2) is 10.1. The zero-order chi connectivity index (χ0) is 20.5. The molecule has 3 aromatic carbocycles. The van der Waals surface area contributed by atoms with Crippen LogP contribution in [0.25, 0.3) is 11.1 Å². The number of benzene rings is 3. The predicted molar refractivity (Wildman–Crippen MR) is 121 cm³/mol. The van der Waals surface area contributed by atoms with Crippen LogP contribution in [0, 0.1) is 0 Å². The van der Waals surface area contributed by atoms with Crippen LogP contribution >= 0.6 is 0 Å². The first-order chi connectivity index (χ1) is 14.1. The molecule has 0 bridgehead atoms. The summed E-state index contributed by atoms with van der Waals surface area (Å²) in [7, 11) is 3.43. The maximum atomic E-state index is 5.50. The maximum absolute atomic E-state index is 5.50. The number of rotatable bonds is 4. The van der Waals surface area contributed by atoms with E-state index < -0.39 is 0 Å². The van der Waals surface area contributed by atoms with Crippen molar-refractivity contribution in [2.75, 3.05) is 38.8 Å². The Morgan fingerprint density at radius 3 is 2.00 bits per heavy atom. The molecule has 1 saturated heterocycles. The van der Waals surface area contributed by atoms with Crippen LogP contribution in [-0.4, -0.2) is 39.6 Å². The summed E-state index contributed by atoms with van der Waals surface area (Å²) in [5.41, 5.74) is 3.45.